The predicted molar refractivity (Wildman–Crippen MR) is 151 cm³/mol. The van der Waals surface area contributed by atoms with E-state index in [-0.39, 0.29) is 23.4 Å². The van der Waals surface area contributed by atoms with Gasteiger partial charge in [0.05, 0.1) is 16.6 Å². The van der Waals surface area contributed by atoms with Gasteiger partial charge < -0.3 is 10.2 Å². The summed E-state index contributed by atoms with van der Waals surface area (Å²) in [4.78, 5) is 15.8. The first kappa shape index (κ1) is 26.7. The van der Waals surface area contributed by atoms with Crippen LogP contribution in [-0.2, 0) is 14.8 Å². The molecule has 1 atom stereocenters. The Kier molecular flexibility index (Phi) is 8.22. The third-order valence-electron chi connectivity index (χ3n) is 7.38. The van der Waals surface area contributed by atoms with Crippen molar-refractivity contribution in [2.45, 2.75) is 51.5 Å². The summed E-state index contributed by atoms with van der Waals surface area (Å²) in [5, 5.41) is 3.00. The lowest BCUT2D eigenvalue weighted by Crippen LogP contribution is -2.42. The Balaban J connectivity index is 1.51. The number of benzene rings is 3. The molecule has 4 rings (SSSR count). The first-order valence-electron chi connectivity index (χ1n) is 12.9. The molecule has 0 aromatic heterocycles. The zero-order valence-corrected chi connectivity index (χ0v) is 23.0. The van der Waals surface area contributed by atoms with E-state index in [1.807, 2.05) is 45.0 Å². The molecule has 1 aliphatic rings. The smallest absolute Gasteiger partial charge is 0.264 e. The van der Waals surface area contributed by atoms with Crippen molar-refractivity contribution in [1.29, 1.82) is 0 Å². The average Bonchev–Trinajstić information content (AvgIpc) is 2.90. The summed E-state index contributed by atoms with van der Waals surface area (Å²) in [7, 11) is -3.94. The maximum atomic E-state index is 13.6. The summed E-state index contributed by atoms with van der Waals surface area (Å²) in [6, 6.07) is 21.8. The van der Waals surface area contributed by atoms with Crippen LogP contribution in [0.25, 0.3) is 0 Å². The van der Waals surface area contributed by atoms with Crippen LogP contribution in [0.4, 0.5) is 11.4 Å². The number of rotatable bonds is 8. The molecule has 0 bridgehead atoms. The van der Waals surface area contributed by atoms with E-state index in [2.05, 4.69) is 29.3 Å². The molecule has 1 saturated heterocycles. The zero-order valence-electron chi connectivity index (χ0n) is 22.1. The molecule has 3 aromatic carbocycles. The van der Waals surface area contributed by atoms with Gasteiger partial charge in [-0.15, -0.1) is 0 Å². The van der Waals surface area contributed by atoms with Crippen molar-refractivity contribution in [2.75, 3.05) is 28.8 Å². The monoisotopic (exact) mass is 519 g/mol. The number of carbonyl (C=O) groups excluding carboxylic acids is 1. The Morgan fingerprint density at radius 1 is 0.973 bits per heavy atom. The van der Waals surface area contributed by atoms with Crippen LogP contribution in [0, 0.1) is 19.8 Å². The Hall–Kier alpha value is -3.32. The SMILES string of the molecule is Cc1cccc(N(CC(=O)NC(C)c2ccc(N3CCC(C)CC3)cc2)S(=O)(=O)c2ccccc2)c1C. The fourth-order valence-corrected chi connectivity index (χ4v) is 6.27. The van der Waals surface area contributed by atoms with Crippen molar-refractivity contribution in [3.8, 4) is 0 Å². The molecular formula is C30H37N3O3S. The van der Waals surface area contributed by atoms with Crippen LogP contribution in [0.2, 0.25) is 0 Å². The lowest BCUT2D eigenvalue weighted by atomic mass is 9.98. The lowest BCUT2D eigenvalue weighted by Gasteiger charge is -2.32. The second kappa shape index (κ2) is 11.4. The van der Waals surface area contributed by atoms with E-state index in [0.717, 1.165) is 35.7 Å². The number of sulfonamides is 1. The molecule has 1 unspecified atom stereocenters. The number of amides is 1. The van der Waals surface area contributed by atoms with E-state index in [1.165, 1.54) is 22.8 Å². The third-order valence-corrected chi connectivity index (χ3v) is 9.16. The molecular weight excluding hydrogens is 482 g/mol. The van der Waals surface area contributed by atoms with Crippen molar-refractivity contribution in [1.82, 2.24) is 5.32 Å². The summed E-state index contributed by atoms with van der Waals surface area (Å²) in [5.41, 5.74) is 4.47. The predicted octanol–water partition coefficient (Wildman–Crippen LogP) is 5.61. The van der Waals surface area contributed by atoms with Gasteiger partial charge in [0.1, 0.15) is 6.54 Å². The van der Waals surface area contributed by atoms with Gasteiger partial charge in [-0.1, -0.05) is 49.4 Å². The van der Waals surface area contributed by atoms with E-state index in [1.54, 1.807) is 36.4 Å². The largest absolute Gasteiger partial charge is 0.372 e. The molecule has 1 heterocycles. The number of hydrogen-bond donors (Lipinski definition) is 1. The highest BCUT2D eigenvalue weighted by Crippen LogP contribution is 2.29. The van der Waals surface area contributed by atoms with Gasteiger partial charge >= 0.3 is 0 Å². The number of nitrogens with one attached hydrogen (secondary N) is 1. The maximum absolute atomic E-state index is 13.6. The molecule has 7 heteroatoms. The molecule has 1 amide bonds. The standard InChI is InChI=1S/C30H37N3O3S/c1-22-17-19-32(20-18-22)27-15-13-26(14-16-27)25(4)31-30(34)21-33(29-12-8-9-23(2)24(29)3)37(35,36)28-10-6-5-7-11-28/h5-16,22,25H,17-21H2,1-4H3,(H,31,34). The second-order valence-electron chi connectivity index (χ2n) is 10.1. The fourth-order valence-electron chi connectivity index (χ4n) is 4.77. The average molecular weight is 520 g/mol. The van der Waals surface area contributed by atoms with Crippen LogP contribution in [0.1, 0.15) is 49.4 Å². The van der Waals surface area contributed by atoms with Gasteiger partial charge in [0.2, 0.25) is 5.91 Å². The quantitative estimate of drug-likeness (QED) is 0.420. The van der Waals surface area contributed by atoms with E-state index in [9.17, 15) is 13.2 Å². The minimum absolute atomic E-state index is 0.152. The van der Waals surface area contributed by atoms with Crippen molar-refractivity contribution in [3.63, 3.8) is 0 Å². The van der Waals surface area contributed by atoms with Gasteiger partial charge in [0.15, 0.2) is 0 Å². The number of nitrogens with zero attached hydrogens (tertiary/aromatic N) is 2. The highest BCUT2D eigenvalue weighted by Gasteiger charge is 2.29. The Labute approximate surface area is 221 Å². The van der Waals surface area contributed by atoms with Crippen molar-refractivity contribution < 1.29 is 13.2 Å². The molecule has 1 N–H and O–H groups in total. The normalized spacial score (nSPS) is 15.3. The van der Waals surface area contributed by atoms with Crippen LogP contribution in [0.5, 0.6) is 0 Å². The van der Waals surface area contributed by atoms with E-state index in [0.29, 0.717) is 5.69 Å². The van der Waals surface area contributed by atoms with Crippen LogP contribution < -0.4 is 14.5 Å². The summed E-state index contributed by atoms with van der Waals surface area (Å²) >= 11 is 0. The maximum Gasteiger partial charge on any atom is 0.264 e. The molecule has 37 heavy (non-hydrogen) atoms. The Morgan fingerprint density at radius 3 is 2.27 bits per heavy atom. The van der Waals surface area contributed by atoms with Gasteiger partial charge in [-0.25, -0.2) is 8.42 Å². The molecule has 0 spiro atoms. The summed E-state index contributed by atoms with van der Waals surface area (Å²) < 4.78 is 28.5. The van der Waals surface area contributed by atoms with Crippen LogP contribution in [0.15, 0.2) is 77.7 Å². The number of piperidine rings is 1. The highest BCUT2D eigenvalue weighted by molar-refractivity contribution is 7.92. The van der Waals surface area contributed by atoms with Crippen molar-refractivity contribution in [2.24, 2.45) is 5.92 Å². The molecule has 6 nitrogen and oxygen atoms in total. The van der Waals surface area contributed by atoms with E-state index >= 15 is 0 Å². The van der Waals surface area contributed by atoms with E-state index in [4.69, 9.17) is 0 Å². The summed E-state index contributed by atoms with van der Waals surface area (Å²) in [6.45, 7) is 9.86. The molecule has 196 valence electrons. The van der Waals surface area contributed by atoms with Gasteiger partial charge in [-0.05, 0) is 86.6 Å². The highest BCUT2D eigenvalue weighted by atomic mass is 32.2. The molecule has 0 saturated carbocycles. The number of anilines is 2. The first-order chi connectivity index (χ1) is 17.7. The van der Waals surface area contributed by atoms with Crippen LogP contribution in [-0.4, -0.2) is 34.0 Å². The van der Waals surface area contributed by atoms with Crippen LogP contribution >= 0.6 is 0 Å². The molecule has 0 radical (unpaired) electrons. The number of aryl methyl sites for hydroxylation is 1. The van der Waals surface area contributed by atoms with Gasteiger partial charge in [0, 0.05) is 18.8 Å². The summed E-state index contributed by atoms with van der Waals surface area (Å²) in [6.07, 6.45) is 2.41. The lowest BCUT2D eigenvalue weighted by molar-refractivity contribution is -0.120. The Bertz CT molecular complexity index is 1320. The van der Waals surface area contributed by atoms with Gasteiger partial charge in [0.25, 0.3) is 10.0 Å². The minimum Gasteiger partial charge on any atom is -0.372 e. The second-order valence-corrected chi connectivity index (χ2v) is 12.0. The summed E-state index contributed by atoms with van der Waals surface area (Å²) in [5.74, 6) is 0.418. The topological polar surface area (TPSA) is 69.7 Å². The van der Waals surface area contributed by atoms with E-state index < -0.39 is 10.0 Å². The molecule has 1 fully saturated rings. The third kappa shape index (κ3) is 6.16. The van der Waals surface area contributed by atoms with Crippen molar-refractivity contribution in [3.05, 3.63) is 89.5 Å². The molecule has 3 aromatic rings. The zero-order chi connectivity index (χ0) is 26.6. The molecule has 0 aliphatic carbocycles. The number of carbonyl (C=O) groups is 1. The van der Waals surface area contributed by atoms with Gasteiger partial charge in [-0.3, -0.25) is 9.10 Å². The first-order valence-corrected chi connectivity index (χ1v) is 14.4. The van der Waals surface area contributed by atoms with Crippen molar-refractivity contribution >= 4 is 27.3 Å². The number of hydrogen-bond acceptors (Lipinski definition) is 4. The fraction of sp³-hybridized carbons (Fsp3) is 0.367. The molecule has 1 aliphatic heterocycles. The minimum atomic E-state index is -3.94. The van der Waals surface area contributed by atoms with Crippen LogP contribution in [0.3, 0.4) is 0 Å². The van der Waals surface area contributed by atoms with Gasteiger partial charge in [-0.2, -0.15) is 0 Å². The Morgan fingerprint density at radius 2 is 1.62 bits per heavy atom.